The Bertz CT molecular complexity index is 394. The van der Waals surface area contributed by atoms with E-state index < -0.39 is 6.09 Å². The molecule has 1 aliphatic rings. The number of rotatable bonds is 1. The van der Waals surface area contributed by atoms with E-state index in [4.69, 9.17) is 15.2 Å². The lowest BCUT2D eigenvalue weighted by atomic mass is 10.0. The van der Waals surface area contributed by atoms with Crippen LogP contribution in [0.25, 0.3) is 0 Å². The summed E-state index contributed by atoms with van der Waals surface area (Å²) < 4.78 is 11.2. The van der Waals surface area contributed by atoms with Gasteiger partial charge in [-0.25, -0.2) is 4.79 Å². The Labute approximate surface area is 95.5 Å². The Balaban J connectivity index is 2.30. The summed E-state index contributed by atoms with van der Waals surface area (Å²) in [5.74, 6) is 0. The Morgan fingerprint density at radius 1 is 1.60 bits per heavy atom. The maximum Gasteiger partial charge on any atom is 0.405 e. The fourth-order valence-electron chi connectivity index (χ4n) is 1.62. The van der Waals surface area contributed by atoms with Crippen molar-refractivity contribution in [2.75, 3.05) is 6.61 Å². The van der Waals surface area contributed by atoms with Gasteiger partial charge in [0.1, 0.15) is 0 Å². The number of hydrogen-bond acceptors (Lipinski definition) is 3. The number of amides is 1. The van der Waals surface area contributed by atoms with E-state index in [0.29, 0.717) is 13.2 Å². The monoisotopic (exact) mass is 271 g/mol. The van der Waals surface area contributed by atoms with Crippen molar-refractivity contribution < 1.29 is 14.3 Å². The van der Waals surface area contributed by atoms with E-state index >= 15 is 0 Å². The average Bonchev–Trinajstić information content (AvgIpc) is 2.16. The van der Waals surface area contributed by atoms with Crippen LogP contribution in [0.5, 0.6) is 0 Å². The van der Waals surface area contributed by atoms with Gasteiger partial charge in [0.05, 0.1) is 13.2 Å². The van der Waals surface area contributed by atoms with Crippen LogP contribution in [0.3, 0.4) is 0 Å². The Morgan fingerprint density at radius 3 is 3.13 bits per heavy atom. The van der Waals surface area contributed by atoms with Crippen LogP contribution in [0, 0.1) is 0 Å². The molecule has 1 heterocycles. The van der Waals surface area contributed by atoms with Gasteiger partial charge in [-0.3, -0.25) is 0 Å². The summed E-state index contributed by atoms with van der Waals surface area (Å²) in [5.41, 5.74) is 6.96. The molecule has 1 aliphatic heterocycles. The molecule has 1 aromatic rings. The summed E-state index contributed by atoms with van der Waals surface area (Å²) in [4.78, 5) is 10.7. The molecule has 0 saturated heterocycles. The summed E-state index contributed by atoms with van der Waals surface area (Å²) in [6.45, 7) is 0.894. The number of benzene rings is 1. The molecule has 0 aliphatic carbocycles. The Hall–Kier alpha value is -1.07. The predicted molar refractivity (Wildman–Crippen MR) is 57.2 cm³/mol. The van der Waals surface area contributed by atoms with Crippen LogP contribution in [-0.2, 0) is 16.1 Å². The van der Waals surface area contributed by atoms with Gasteiger partial charge >= 0.3 is 6.09 Å². The maximum atomic E-state index is 10.7. The van der Waals surface area contributed by atoms with E-state index in [1.807, 2.05) is 18.2 Å². The molecule has 2 N–H and O–H groups in total. The maximum absolute atomic E-state index is 10.7. The van der Waals surface area contributed by atoms with Crippen molar-refractivity contribution in [1.82, 2.24) is 0 Å². The smallest absolute Gasteiger partial charge is 0.405 e. The largest absolute Gasteiger partial charge is 0.439 e. The summed E-state index contributed by atoms with van der Waals surface area (Å²) in [7, 11) is 0. The zero-order valence-electron chi connectivity index (χ0n) is 7.90. The highest BCUT2D eigenvalue weighted by Crippen LogP contribution is 2.29. The van der Waals surface area contributed by atoms with Gasteiger partial charge in [-0.2, -0.15) is 0 Å². The van der Waals surface area contributed by atoms with Crippen molar-refractivity contribution in [2.24, 2.45) is 5.73 Å². The minimum absolute atomic E-state index is 0.359. The van der Waals surface area contributed by atoms with E-state index in [2.05, 4.69) is 15.9 Å². The first-order chi connectivity index (χ1) is 7.16. The summed E-state index contributed by atoms with van der Waals surface area (Å²) in [6.07, 6.45) is -1.17. The number of halogens is 1. The number of primary amides is 1. The fraction of sp³-hybridized carbons (Fsp3) is 0.300. The average molecular weight is 272 g/mol. The van der Waals surface area contributed by atoms with E-state index in [0.717, 1.165) is 15.6 Å². The molecule has 0 aromatic heterocycles. The number of hydrogen-bond donors (Lipinski definition) is 1. The number of fused-ring (bicyclic) bond motifs is 1. The van der Waals surface area contributed by atoms with Crippen molar-refractivity contribution in [3.8, 4) is 0 Å². The molecular weight excluding hydrogens is 262 g/mol. The SMILES string of the molecule is NC(=O)OC1COCc2cc(Br)ccc21. The van der Waals surface area contributed by atoms with Gasteiger partial charge in [-0.15, -0.1) is 0 Å². The lowest BCUT2D eigenvalue weighted by Crippen LogP contribution is -2.24. The fourth-order valence-corrected chi connectivity index (χ4v) is 2.03. The molecule has 0 saturated carbocycles. The minimum Gasteiger partial charge on any atom is -0.439 e. The standard InChI is InChI=1S/C10H10BrNO3/c11-7-1-2-8-6(3-7)4-14-5-9(8)15-10(12)13/h1-3,9H,4-5H2,(H2,12,13). The summed E-state index contributed by atoms with van der Waals surface area (Å²) in [6, 6.07) is 5.77. The first-order valence-electron chi connectivity index (χ1n) is 4.49. The highest BCUT2D eigenvalue weighted by atomic mass is 79.9. The predicted octanol–water partition coefficient (Wildman–Crippen LogP) is 2.12. The molecule has 1 atom stereocenters. The molecule has 0 bridgehead atoms. The van der Waals surface area contributed by atoms with Gasteiger partial charge < -0.3 is 15.2 Å². The molecule has 2 rings (SSSR count). The molecule has 0 fully saturated rings. The Morgan fingerprint density at radius 2 is 2.40 bits per heavy atom. The van der Waals surface area contributed by atoms with E-state index in [1.54, 1.807) is 0 Å². The third-order valence-electron chi connectivity index (χ3n) is 2.24. The van der Waals surface area contributed by atoms with Crippen LogP contribution in [-0.4, -0.2) is 12.7 Å². The number of nitrogens with two attached hydrogens (primary N) is 1. The first-order valence-corrected chi connectivity index (χ1v) is 5.28. The summed E-state index contributed by atoms with van der Waals surface area (Å²) >= 11 is 3.37. The second-order valence-corrected chi connectivity index (χ2v) is 4.20. The van der Waals surface area contributed by atoms with Gasteiger partial charge in [0.25, 0.3) is 0 Å². The van der Waals surface area contributed by atoms with E-state index in [1.165, 1.54) is 0 Å². The lowest BCUT2D eigenvalue weighted by molar-refractivity contribution is -0.0000623. The molecule has 1 unspecified atom stereocenters. The molecule has 80 valence electrons. The molecule has 0 radical (unpaired) electrons. The van der Waals surface area contributed by atoms with Crippen molar-refractivity contribution in [1.29, 1.82) is 0 Å². The third kappa shape index (κ3) is 2.30. The molecule has 1 amide bonds. The van der Waals surface area contributed by atoms with Crippen molar-refractivity contribution in [3.05, 3.63) is 33.8 Å². The zero-order valence-corrected chi connectivity index (χ0v) is 9.49. The summed E-state index contributed by atoms with van der Waals surface area (Å²) in [5, 5.41) is 0. The van der Waals surface area contributed by atoms with Crippen LogP contribution >= 0.6 is 15.9 Å². The van der Waals surface area contributed by atoms with Crippen molar-refractivity contribution in [3.63, 3.8) is 0 Å². The second kappa shape index (κ2) is 4.20. The third-order valence-corrected chi connectivity index (χ3v) is 2.73. The molecular formula is C10H10BrNO3. The van der Waals surface area contributed by atoms with Gasteiger partial charge in [0.15, 0.2) is 6.10 Å². The molecule has 15 heavy (non-hydrogen) atoms. The number of carbonyl (C=O) groups excluding carboxylic acids is 1. The minimum atomic E-state index is -0.778. The van der Waals surface area contributed by atoms with E-state index in [-0.39, 0.29) is 6.10 Å². The molecule has 4 nitrogen and oxygen atoms in total. The highest BCUT2D eigenvalue weighted by Gasteiger charge is 2.23. The van der Waals surface area contributed by atoms with Crippen molar-refractivity contribution >= 4 is 22.0 Å². The van der Waals surface area contributed by atoms with Crippen LogP contribution < -0.4 is 5.73 Å². The second-order valence-electron chi connectivity index (χ2n) is 3.28. The van der Waals surface area contributed by atoms with Gasteiger partial charge in [0, 0.05) is 10.0 Å². The molecule has 0 spiro atoms. The van der Waals surface area contributed by atoms with Crippen LogP contribution in [0.2, 0.25) is 0 Å². The number of carbonyl (C=O) groups is 1. The molecule has 1 aromatic carbocycles. The lowest BCUT2D eigenvalue weighted by Gasteiger charge is -2.25. The normalized spacial score (nSPS) is 19.4. The number of ether oxygens (including phenoxy) is 2. The molecule has 5 heteroatoms. The topological polar surface area (TPSA) is 61.6 Å². The van der Waals surface area contributed by atoms with Crippen LogP contribution in [0.15, 0.2) is 22.7 Å². The quantitative estimate of drug-likeness (QED) is 0.851. The first kappa shape index (κ1) is 10.4. The van der Waals surface area contributed by atoms with Crippen molar-refractivity contribution in [2.45, 2.75) is 12.7 Å². The van der Waals surface area contributed by atoms with Gasteiger partial charge in [-0.05, 0) is 17.7 Å². The Kier molecular flexibility index (Phi) is 2.93. The van der Waals surface area contributed by atoms with Gasteiger partial charge in [-0.1, -0.05) is 22.0 Å². The van der Waals surface area contributed by atoms with Crippen LogP contribution in [0.4, 0.5) is 4.79 Å². The van der Waals surface area contributed by atoms with Gasteiger partial charge in [0.2, 0.25) is 0 Å². The van der Waals surface area contributed by atoms with E-state index in [9.17, 15) is 4.79 Å². The van der Waals surface area contributed by atoms with Crippen LogP contribution in [0.1, 0.15) is 17.2 Å². The zero-order chi connectivity index (χ0) is 10.8. The highest BCUT2D eigenvalue weighted by molar-refractivity contribution is 9.10.